The van der Waals surface area contributed by atoms with E-state index in [2.05, 4.69) is 19.2 Å². The van der Waals surface area contributed by atoms with Crippen molar-refractivity contribution in [2.24, 2.45) is 0 Å². The van der Waals surface area contributed by atoms with E-state index in [1.54, 1.807) is 6.08 Å². The molecule has 78 valence electrons. The smallest absolute Gasteiger partial charge is 0.302 e. The third kappa shape index (κ3) is 7.35. The number of rotatable bonds is 6. The molecule has 0 N–H and O–H groups in total. The van der Waals surface area contributed by atoms with Crippen molar-refractivity contribution in [3.8, 4) is 0 Å². The van der Waals surface area contributed by atoms with E-state index in [-0.39, 0.29) is 5.97 Å². The SMILES string of the molecule is C=CC(=C)CC/C=C(\C)COC(C)=O. The molecular weight excluding hydrogens is 176 g/mol. The van der Waals surface area contributed by atoms with Crippen LogP contribution in [0.5, 0.6) is 0 Å². The minimum absolute atomic E-state index is 0.242. The molecular formula is C12H18O2. The molecule has 2 nitrogen and oxygen atoms in total. The molecule has 0 bridgehead atoms. The first-order chi connectivity index (χ1) is 6.56. The molecule has 0 atom stereocenters. The lowest BCUT2D eigenvalue weighted by Gasteiger charge is -2.02. The lowest BCUT2D eigenvalue weighted by Crippen LogP contribution is -2.01. The zero-order valence-electron chi connectivity index (χ0n) is 9.01. The van der Waals surface area contributed by atoms with E-state index < -0.39 is 0 Å². The molecule has 0 amide bonds. The van der Waals surface area contributed by atoms with Crippen LogP contribution < -0.4 is 0 Å². The quantitative estimate of drug-likeness (QED) is 0.369. The number of carbonyl (C=O) groups is 1. The maximum atomic E-state index is 10.5. The van der Waals surface area contributed by atoms with Gasteiger partial charge < -0.3 is 4.74 Å². The van der Waals surface area contributed by atoms with Crippen molar-refractivity contribution >= 4 is 5.97 Å². The Bertz CT molecular complexity index is 249. The van der Waals surface area contributed by atoms with Gasteiger partial charge in [0.25, 0.3) is 0 Å². The highest BCUT2D eigenvalue weighted by atomic mass is 16.5. The molecule has 0 aliphatic carbocycles. The molecule has 0 aromatic carbocycles. The molecule has 0 unspecified atom stereocenters. The number of carbonyl (C=O) groups excluding carboxylic acids is 1. The standard InChI is InChI=1S/C12H18O2/c1-5-10(2)7-6-8-11(3)9-14-12(4)13/h5,8H,1-2,6-7,9H2,3-4H3/b11-8+. The Balaban J connectivity index is 3.71. The van der Waals surface area contributed by atoms with Crippen LogP contribution in [-0.4, -0.2) is 12.6 Å². The van der Waals surface area contributed by atoms with Gasteiger partial charge in [-0.2, -0.15) is 0 Å². The molecule has 0 saturated carbocycles. The molecule has 0 aliphatic rings. The summed E-state index contributed by atoms with van der Waals surface area (Å²) in [6.45, 7) is 11.2. The summed E-state index contributed by atoms with van der Waals surface area (Å²) >= 11 is 0. The summed E-state index contributed by atoms with van der Waals surface area (Å²) in [5.74, 6) is -0.242. The summed E-state index contributed by atoms with van der Waals surface area (Å²) in [7, 11) is 0. The van der Waals surface area contributed by atoms with Crippen molar-refractivity contribution in [2.45, 2.75) is 26.7 Å². The molecule has 2 heteroatoms. The first-order valence-electron chi connectivity index (χ1n) is 4.65. The second-order valence-electron chi connectivity index (χ2n) is 3.23. The average Bonchev–Trinajstić information content (AvgIpc) is 2.14. The van der Waals surface area contributed by atoms with Gasteiger partial charge in [0.2, 0.25) is 0 Å². The zero-order valence-corrected chi connectivity index (χ0v) is 9.01. The van der Waals surface area contributed by atoms with Crippen LogP contribution in [0.15, 0.2) is 36.5 Å². The third-order valence-electron chi connectivity index (χ3n) is 1.75. The Labute approximate surface area is 86.0 Å². The van der Waals surface area contributed by atoms with E-state index in [0.29, 0.717) is 6.61 Å². The molecule has 0 spiro atoms. The second kappa shape index (κ2) is 7.13. The van der Waals surface area contributed by atoms with Crippen LogP contribution in [0.25, 0.3) is 0 Å². The van der Waals surface area contributed by atoms with Crippen molar-refractivity contribution < 1.29 is 9.53 Å². The molecule has 0 aromatic rings. The fraction of sp³-hybridized carbons (Fsp3) is 0.417. The molecule has 0 aliphatic heterocycles. The number of allylic oxidation sites excluding steroid dienone is 3. The molecule has 0 saturated heterocycles. The number of ether oxygens (including phenoxy) is 1. The first-order valence-corrected chi connectivity index (χ1v) is 4.65. The van der Waals surface area contributed by atoms with Crippen molar-refractivity contribution in [1.29, 1.82) is 0 Å². The molecule has 0 heterocycles. The monoisotopic (exact) mass is 194 g/mol. The van der Waals surface area contributed by atoms with Crippen LogP contribution in [0.3, 0.4) is 0 Å². The fourth-order valence-corrected chi connectivity index (χ4v) is 0.880. The minimum atomic E-state index is -0.242. The largest absolute Gasteiger partial charge is 0.461 e. The number of hydrogen-bond donors (Lipinski definition) is 0. The normalized spacial score (nSPS) is 10.9. The van der Waals surface area contributed by atoms with Crippen LogP contribution in [0, 0.1) is 0 Å². The summed E-state index contributed by atoms with van der Waals surface area (Å²) in [4.78, 5) is 10.5. The second-order valence-corrected chi connectivity index (χ2v) is 3.23. The minimum Gasteiger partial charge on any atom is -0.461 e. The van der Waals surface area contributed by atoms with Gasteiger partial charge in [0.15, 0.2) is 0 Å². The van der Waals surface area contributed by atoms with Crippen LogP contribution in [0.1, 0.15) is 26.7 Å². The van der Waals surface area contributed by atoms with E-state index in [1.807, 2.05) is 6.92 Å². The van der Waals surface area contributed by atoms with Crippen molar-refractivity contribution in [3.63, 3.8) is 0 Å². The Morgan fingerprint density at radius 3 is 2.57 bits per heavy atom. The summed E-state index contributed by atoms with van der Waals surface area (Å²) in [5, 5.41) is 0. The van der Waals surface area contributed by atoms with Crippen LogP contribution in [0.2, 0.25) is 0 Å². The topological polar surface area (TPSA) is 26.3 Å². The summed E-state index contributed by atoms with van der Waals surface area (Å²) in [6.07, 6.45) is 5.63. The molecule has 0 radical (unpaired) electrons. The zero-order chi connectivity index (χ0) is 11.0. The highest BCUT2D eigenvalue weighted by molar-refractivity contribution is 5.66. The third-order valence-corrected chi connectivity index (χ3v) is 1.75. The van der Waals surface area contributed by atoms with Crippen LogP contribution in [0.4, 0.5) is 0 Å². The van der Waals surface area contributed by atoms with Gasteiger partial charge in [-0.25, -0.2) is 0 Å². The molecule has 0 fully saturated rings. The molecule has 0 rings (SSSR count). The highest BCUT2D eigenvalue weighted by Gasteiger charge is 1.94. The van der Waals surface area contributed by atoms with Crippen molar-refractivity contribution in [2.75, 3.05) is 6.61 Å². The van der Waals surface area contributed by atoms with E-state index in [0.717, 1.165) is 24.0 Å². The first kappa shape index (κ1) is 12.7. The predicted molar refractivity (Wildman–Crippen MR) is 59.0 cm³/mol. The van der Waals surface area contributed by atoms with Crippen molar-refractivity contribution in [3.05, 3.63) is 36.5 Å². The molecule has 14 heavy (non-hydrogen) atoms. The fourth-order valence-electron chi connectivity index (χ4n) is 0.880. The molecule has 0 aromatic heterocycles. The van der Waals surface area contributed by atoms with Crippen molar-refractivity contribution in [1.82, 2.24) is 0 Å². The predicted octanol–water partition coefficient (Wildman–Crippen LogP) is 3.02. The number of hydrogen-bond acceptors (Lipinski definition) is 2. The van der Waals surface area contributed by atoms with Gasteiger partial charge in [-0.3, -0.25) is 4.79 Å². The van der Waals surface area contributed by atoms with E-state index in [1.165, 1.54) is 6.92 Å². The van der Waals surface area contributed by atoms with E-state index >= 15 is 0 Å². The maximum Gasteiger partial charge on any atom is 0.302 e. The summed E-state index contributed by atoms with van der Waals surface area (Å²) < 4.78 is 4.84. The highest BCUT2D eigenvalue weighted by Crippen LogP contribution is 2.06. The Kier molecular flexibility index (Phi) is 6.46. The van der Waals surface area contributed by atoms with Gasteiger partial charge in [0.05, 0.1) is 0 Å². The Hall–Kier alpha value is -1.31. The Morgan fingerprint density at radius 1 is 1.43 bits per heavy atom. The van der Waals surface area contributed by atoms with Gasteiger partial charge >= 0.3 is 5.97 Å². The van der Waals surface area contributed by atoms with Gasteiger partial charge in [-0.15, -0.1) is 0 Å². The number of esters is 1. The maximum absolute atomic E-state index is 10.5. The van der Waals surface area contributed by atoms with E-state index in [4.69, 9.17) is 4.74 Å². The summed E-state index contributed by atoms with van der Waals surface area (Å²) in [5.41, 5.74) is 2.10. The average molecular weight is 194 g/mol. The van der Waals surface area contributed by atoms with Gasteiger partial charge in [-0.1, -0.05) is 30.9 Å². The van der Waals surface area contributed by atoms with Crippen LogP contribution in [-0.2, 0) is 9.53 Å². The van der Waals surface area contributed by atoms with Gasteiger partial charge in [0, 0.05) is 6.92 Å². The van der Waals surface area contributed by atoms with E-state index in [9.17, 15) is 4.79 Å². The van der Waals surface area contributed by atoms with Gasteiger partial charge in [0.1, 0.15) is 6.61 Å². The Morgan fingerprint density at radius 2 is 2.07 bits per heavy atom. The summed E-state index contributed by atoms with van der Waals surface area (Å²) in [6, 6.07) is 0. The lowest BCUT2D eigenvalue weighted by molar-refractivity contribution is -0.139. The van der Waals surface area contributed by atoms with Gasteiger partial charge in [-0.05, 0) is 25.3 Å². The lowest BCUT2D eigenvalue weighted by atomic mass is 10.1. The van der Waals surface area contributed by atoms with Crippen LogP contribution >= 0.6 is 0 Å².